The van der Waals surface area contributed by atoms with Crippen LogP contribution in [0.4, 0.5) is 5.69 Å². The lowest BCUT2D eigenvalue weighted by atomic mass is 10.1. The van der Waals surface area contributed by atoms with Crippen molar-refractivity contribution in [2.24, 2.45) is 0 Å². The van der Waals surface area contributed by atoms with E-state index < -0.39 is 0 Å². The fourth-order valence-electron chi connectivity index (χ4n) is 1.10. The van der Waals surface area contributed by atoms with Crippen molar-refractivity contribution in [2.75, 3.05) is 20.0 Å². The fourth-order valence-corrected chi connectivity index (χ4v) is 1.10. The van der Waals surface area contributed by atoms with Crippen LogP contribution in [0, 0.1) is 6.92 Å². The van der Waals surface area contributed by atoms with E-state index in [0.29, 0.717) is 17.2 Å². The van der Waals surface area contributed by atoms with E-state index in [0.717, 1.165) is 5.56 Å². The number of nitrogens with two attached hydrogens (primary N) is 1. The third-order valence-electron chi connectivity index (χ3n) is 1.84. The Hall–Kier alpha value is -1.38. The normalized spacial score (nSPS) is 9.58. The highest BCUT2D eigenvalue weighted by Gasteiger charge is 2.08. The average molecular weight is 167 g/mol. The number of rotatable bonds is 2. The maximum absolute atomic E-state index is 5.68. The lowest BCUT2D eigenvalue weighted by Gasteiger charge is -2.11. The molecule has 0 aliphatic carbocycles. The zero-order valence-electron chi connectivity index (χ0n) is 7.55. The molecule has 3 nitrogen and oxygen atoms in total. The van der Waals surface area contributed by atoms with Crippen LogP contribution in [0.25, 0.3) is 0 Å². The van der Waals surface area contributed by atoms with Gasteiger partial charge in [0.15, 0.2) is 11.5 Å². The first-order chi connectivity index (χ1) is 5.70. The maximum Gasteiger partial charge on any atom is 0.165 e. The molecule has 0 saturated carbocycles. The molecule has 0 fully saturated rings. The molecule has 0 heterocycles. The second-order valence-electron chi connectivity index (χ2n) is 2.52. The summed E-state index contributed by atoms with van der Waals surface area (Å²) in [5.74, 6) is 1.42. The molecule has 0 bridgehead atoms. The maximum atomic E-state index is 5.68. The van der Waals surface area contributed by atoms with Crippen molar-refractivity contribution in [3.05, 3.63) is 17.7 Å². The fraction of sp³-hybridized carbons (Fsp3) is 0.333. The van der Waals surface area contributed by atoms with Gasteiger partial charge in [-0.3, -0.25) is 0 Å². The third kappa shape index (κ3) is 1.30. The Labute approximate surface area is 72.1 Å². The SMILES string of the molecule is COc1ccc(N)c(C)c1OC. The Bertz CT molecular complexity index is 284. The summed E-state index contributed by atoms with van der Waals surface area (Å²) in [6.07, 6.45) is 0. The minimum atomic E-state index is 0.706. The molecular weight excluding hydrogens is 154 g/mol. The van der Waals surface area contributed by atoms with Crippen molar-refractivity contribution < 1.29 is 9.47 Å². The van der Waals surface area contributed by atoms with E-state index in [1.807, 2.05) is 6.92 Å². The zero-order valence-corrected chi connectivity index (χ0v) is 7.55. The summed E-state index contributed by atoms with van der Waals surface area (Å²) in [6, 6.07) is 3.60. The highest BCUT2D eigenvalue weighted by atomic mass is 16.5. The molecule has 0 atom stereocenters. The van der Waals surface area contributed by atoms with Crippen molar-refractivity contribution in [1.82, 2.24) is 0 Å². The third-order valence-corrected chi connectivity index (χ3v) is 1.84. The van der Waals surface area contributed by atoms with Crippen molar-refractivity contribution >= 4 is 5.69 Å². The number of ether oxygens (including phenoxy) is 2. The molecule has 1 rings (SSSR count). The first-order valence-electron chi connectivity index (χ1n) is 3.67. The van der Waals surface area contributed by atoms with Gasteiger partial charge in [-0.05, 0) is 19.1 Å². The van der Waals surface area contributed by atoms with Crippen molar-refractivity contribution in [2.45, 2.75) is 6.92 Å². The van der Waals surface area contributed by atoms with Crippen LogP contribution in [0.3, 0.4) is 0 Å². The molecule has 0 aliphatic rings. The van der Waals surface area contributed by atoms with Gasteiger partial charge in [-0.15, -0.1) is 0 Å². The monoisotopic (exact) mass is 167 g/mol. The summed E-state index contributed by atoms with van der Waals surface area (Å²) in [5.41, 5.74) is 7.31. The van der Waals surface area contributed by atoms with Crippen LogP contribution in [0.5, 0.6) is 11.5 Å². The smallest absolute Gasteiger partial charge is 0.165 e. The second-order valence-corrected chi connectivity index (χ2v) is 2.52. The molecule has 0 radical (unpaired) electrons. The van der Waals surface area contributed by atoms with Crippen LogP contribution in [0.2, 0.25) is 0 Å². The molecule has 0 spiro atoms. The largest absolute Gasteiger partial charge is 0.493 e. The van der Waals surface area contributed by atoms with Gasteiger partial charge in [-0.2, -0.15) is 0 Å². The highest BCUT2D eigenvalue weighted by molar-refractivity contribution is 5.59. The lowest BCUT2D eigenvalue weighted by Crippen LogP contribution is -1.96. The lowest BCUT2D eigenvalue weighted by molar-refractivity contribution is 0.353. The van der Waals surface area contributed by atoms with Gasteiger partial charge in [0.2, 0.25) is 0 Å². The molecule has 1 aromatic rings. The topological polar surface area (TPSA) is 44.5 Å². The summed E-state index contributed by atoms with van der Waals surface area (Å²) in [7, 11) is 3.21. The van der Waals surface area contributed by atoms with Gasteiger partial charge >= 0.3 is 0 Å². The van der Waals surface area contributed by atoms with Crippen LogP contribution in [-0.2, 0) is 0 Å². The summed E-state index contributed by atoms with van der Waals surface area (Å²) in [4.78, 5) is 0. The van der Waals surface area contributed by atoms with Gasteiger partial charge in [0.1, 0.15) is 0 Å². The van der Waals surface area contributed by atoms with Crippen LogP contribution >= 0.6 is 0 Å². The number of benzene rings is 1. The zero-order chi connectivity index (χ0) is 9.14. The molecule has 2 N–H and O–H groups in total. The molecule has 1 aromatic carbocycles. The molecule has 12 heavy (non-hydrogen) atoms. The van der Waals surface area contributed by atoms with Crippen LogP contribution < -0.4 is 15.2 Å². The molecule has 0 unspecified atom stereocenters. The van der Waals surface area contributed by atoms with E-state index in [1.54, 1.807) is 26.4 Å². The van der Waals surface area contributed by atoms with E-state index in [-0.39, 0.29) is 0 Å². The molecule has 0 aliphatic heterocycles. The minimum absolute atomic E-state index is 0.706. The Morgan fingerprint density at radius 1 is 1.17 bits per heavy atom. The van der Waals surface area contributed by atoms with Gasteiger partial charge in [-0.25, -0.2) is 0 Å². The molecule has 0 aromatic heterocycles. The van der Waals surface area contributed by atoms with E-state index in [9.17, 15) is 0 Å². The van der Waals surface area contributed by atoms with Crippen LogP contribution in [-0.4, -0.2) is 14.2 Å². The van der Waals surface area contributed by atoms with E-state index in [4.69, 9.17) is 15.2 Å². The summed E-state index contributed by atoms with van der Waals surface area (Å²) in [5, 5.41) is 0. The van der Waals surface area contributed by atoms with E-state index in [2.05, 4.69) is 0 Å². The van der Waals surface area contributed by atoms with E-state index in [1.165, 1.54) is 0 Å². The summed E-state index contributed by atoms with van der Waals surface area (Å²) >= 11 is 0. The Morgan fingerprint density at radius 2 is 1.83 bits per heavy atom. The molecule has 66 valence electrons. The summed E-state index contributed by atoms with van der Waals surface area (Å²) in [6.45, 7) is 1.90. The standard InChI is InChI=1S/C9H13NO2/c1-6-7(10)4-5-8(11-2)9(6)12-3/h4-5H,10H2,1-3H3. The van der Waals surface area contributed by atoms with Gasteiger partial charge in [0.25, 0.3) is 0 Å². The van der Waals surface area contributed by atoms with Gasteiger partial charge in [0, 0.05) is 11.3 Å². The Morgan fingerprint density at radius 3 is 2.33 bits per heavy atom. The molecule has 0 saturated heterocycles. The minimum Gasteiger partial charge on any atom is -0.493 e. The summed E-state index contributed by atoms with van der Waals surface area (Å²) < 4.78 is 10.2. The predicted molar refractivity (Wildman–Crippen MR) is 48.7 cm³/mol. The van der Waals surface area contributed by atoms with Crippen molar-refractivity contribution in [1.29, 1.82) is 0 Å². The number of nitrogen functional groups attached to an aromatic ring is 1. The number of anilines is 1. The average Bonchev–Trinajstić information content (AvgIpc) is 2.09. The second kappa shape index (κ2) is 3.34. The van der Waals surface area contributed by atoms with Gasteiger partial charge in [-0.1, -0.05) is 0 Å². The van der Waals surface area contributed by atoms with Crippen molar-refractivity contribution in [3.63, 3.8) is 0 Å². The van der Waals surface area contributed by atoms with Crippen LogP contribution in [0.15, 0.2) is 12.1 Å². The highest BCUT2D eigenvalue weighted by Crippen LogP contribution is 2.33. The molecule has 0 amide bonds. The van der Waals surface area contributed by atoms with Gasteiger partial charge in [0.05, 0.1) is 14.2 Å². The predicted octanol–water partition coefficient (Wildman–Crippen LogP) is 1.59. The van der Waals surface area contributed by atoms with Gasteiger partial charge < -0.3 is 15.2 Å². The quantitative estimate of drug-likeness (QED) is 0.680. The number of hydrogen-bond donors (Lipinski definition) is 1. The van der Waals surface area contributed by atoms with Crippen LogP contribution in [0.1, 0.15) is 5.56 Å². The van der Waals surface area contributed by atoms with Crippen molar-refractivity contribution in [3.8, 4) is 11.5 Å². The number of hydrogen-bond acceptors (Lipinski definition) is 3. The molecule has 3 heteroatoms. The Kier molecular flexibility index (Phi) is 2.43. The van der Waals surface area contributed by atoms with E-state index >= 15 is 0 Å². The number of methoxy groups -OCH3 is 2. The Balaban J connectivity index is 3.25. The molecular formula is C9H13NO2. The first kappa shape index (κ1) is 8.71. The first-order valence-corrected chi connectivity index (χ1v) is 3.67.